The number of hydrogen-bond acceptors (Lipinski definition) is 3. The van der Waals surface area contributed by atoms with Gasteiger partial charge in [0.1, 0.15) is 4.33 Å². The zero-order chi connectivity index (χ0) is 26.4. The molecule has 1 fully saturated rings. The zero-order valence-electron chi connectivity index (χ0n) is 18.3. The molecule has 0 aliphatic heterocycles. The Labute approximate surface area is 237 Å². The molecule has 5 nitrogen and oxygen atoms in total. The topological polar surface area (TPSA) is 82.0 Å². The van der Waals surface area contributed by atoms with E-state index in [1.54, 1.807) is 43.3 Å². The van der Waals surface area contributed by atoms with Crippen molar-refractivity contribution < 1.29 is 9.59 Å². The number of rotatable bonds is 5. The first-order chi connectivity index (χ1) is 16.9. The Kier molecular flexibility index (Phi) is 7.69. The Balaban J connectivity index is 1.52. The van der Waals surface area contributed by atoms with Crippen molar-refractivity contribution in [1.29, 1.82) is 5.26 Å². The lowest BCUT2D eigenvalue weighted by atomic mass is 10.1. The number of benzene rings is 3. The van der Waals surface area contributed by atoms with Gasteiger partial charge in [0.05, 0.1) is 43.2 Å². The van der Waals surface area contributed by atoms with Gasteiger partial charge in [-0.25, -0.2) is 0 Å². The second kappa shape index (κ2) is 10.3. The molecule has 2 atom stereocenters. The van der Waals surface area contributed by atoms with E-state index in [9.17, 15) is 9.59 Å². The van der Waals surface area contributed by atoms with Gasteiger partial charge in [-0.2, -0.15) is 5.26 Å². The third-order valence-electron chi connectivity index (χ3n) is 5.78. The van der Waals surface area contributed by atoms with Crippen molar-refractivity contribution in [2.75, 3.05) is 10.6 Å². The second-order valence-electron chi connectivity index (χ2n) is 8.21. The molecule has 1 saturated carbocycles. The summed E-state index contributed by atoms with van der Waals surface area (Å²) in [6.45, 7) is 1.77. The molecule has 4 rings (SSSR count). The Hall–Kier alpha value is -2.17. The molecule has 0 radical (unpaired) electrons. The molecule has 2 amide bonds. The number of nitriles is 1. The SMILES string of the molecule is Cc1cc(C#N)ccc1NC(=O)c1cc(NC(=O)[C@@H]2[C@@H](c3cc(Cl)c(Cl)c(Cl)c3)C2(Cl)Cl)ccc1Cl. The molecule has 0 aromatic heterocycles. The standard InChI is InChI=1S/C25H15Cl6N3O2/c1-11-6-12(10-32)2-5-19(11)34-23(35)15-9-14(3-4-16(15)26)33-24(36)21-20(25(21,30)31)13-7-17(27)22(29)18(28)8-13/h2-9,20-21H,1H3,(H,33,36)(H,34,35)/t20-,21+/m1/s1. The fourth-order valence-electron chi connectivity index (χ4n) is 3.88. The van der Waals surface area contributed by atoms with Gasteiger partial charge in [-0.3, -0.25) is 9.59 Å². The molecular formula is C25H15Cl6N3O2. The van der Waals surface area contributed by atoms with Gasteiger partial charge in [-0.15, -0.1) is 23.2 Å². The molecule has 3 aromatic carbocycles. The number of aryl methyl sites for hydroxylation is 1. The number of hydrogen-bond donors (Lipinski definition) is 2. The Bertz CT molecular complexity index is 1430. The molecule has 1 aliphatic carbocycles. The molecule has 0 saturated heterocycles. The number of anilines is 2. The lowest BCUT2D eigenvalue weighted by molar-refractivity contribution is -0.117. The quantitative estimate of drug-likeness (QED) is 0.228. The monoisotopic (exact) mass is 599 g/mol. The first kappa shape index (κ1) is 26.9. The van der Waals surface area contributed by atoms with Crippen LogP contribution in [0.25, 0.3) is 0 Å². The van der Waals surface area contributed by atoms with E-state index in [0.29, 0.717) is 28.1 Å². The summed E-state index contributed by atoms with van der Waals surface area (Å²) in [7, 11) is 0. The molecule has 3 aromatic rings. The highest BCUT2D eigenvalue weighted by Crippen LogP contribution is 2.65. The molecule has 0 spiro atoms. The number of nitrogens with zero attached hydrogens (tertiary/aromatic N) is 1. The summed E-state index contributed by atoms with van der Waals surface area (Å²) >= 11 is 37.4. The maximum Gasteiger partial charge on any atom is 0.257 e. The first-order valence-corrected chi connectivity index (χ1v) is 12.7. The Morgan fingerprint density at radius 3 is 2.19 bits per heavy atom. The Morgan fingerprint density at radius 2 is 1.58 bits per heavy atom. The predicted molar refractivity (Wildman–Crippen MR) is 146 cm³/mol. The normalized spacial score (nSPS) is 17.7. The van der Waals surface area contributed by atoms with Crippen LogP contribution >= 0.6 is 69.6 Å². The van der Waals surface area contributed by atoms with Crippen LogP contribution in [-0.4, -0.2) is 16.1 Å². The van der Waals surface area contributed by atoms with Crippen molar-refractivity contribution in [3.05, 3.63) is 90.9 Å². The van der Waals surface area contributed by atoms with Gasteiger partial charge in [-0.05, 0) is 66.6 Å². The van der Waals surface area contributed by atoms with Crippen LogP contribution in [0.5, 0.6) is 0 Å². The number of carbonyl (C=O) groups is 2. The van der Waals surface area contributed by atoms with Gasteiger partial charge < -0.3 is 10.6 Å². The van der Waals surface area contributed by atoms with Gasteiger partial charge in [-0.1, -0.05) is 46.4 Å². The fourth-order valence-corrected chi connectivity index (χ4v) is 5.53. The molecular weight excluding hydrogens is 587 g/mol. The van der Waals surface area contributed by atoms with E-state index in [1.165, 1.54) is 12.1 Å². The first-order valence-electron chi connectivity index (χ1n) is 10.4. The van der Waals surface area contributed by atoms with E-state index in [-0.39, 0.29) is 25.7 Å². The average molecular weight is 602 g/mol. The number of alkyl halides is 2. The van der Waals surface area contributed by atoms with E-state index < -0.39 is 28.0 Å². The summed E-state index contributed by atoms with van der Waals surface area (Å²) in [5.41, 5.74) is 2.77. The lowest BCUT2D eigenvalue weighted by Gasteiger charge is -2.12. The maximum atomic E-state index is 13.0. The van der Waals surface area contributed by atoms with Gasteiger partial charge >= 0.3 is 0 Å². The summed E-state index contributed by atoms with van der Waals surface area (Å²) < 4.78 is -1.38. The lowest BCUT2D eigenvalue weighted by Crippen LogP contribution is -2.18. The minimum atomic E-state index is -1.38. The summed E-state index contributed by atoms with van der Waals surface area (Å²) in [5, 5.41) is 15.4. The van der Waals surface area contributed by atoms with E-state index in [2.05, 4.69) is 10.6 Å². The van der Waals surface area contributed by atoms with Crippen LogP contribution < -0.4 is 10.6 Å². The largest absolute Gasteiger partial charge is 0.326 e. The minimum Gasteiger partial charge on any atom is -0.326 e. The highest BCUT2D eigenvalue weighted by atomic mass is 35.5. The fraction of sp³-hybridized carbons (Fsp3) is 0.160. The predicted octanol–water partition coefficient (Wildman–Crippen LogP) is 8.26. The van der Waals surface area contributed by atoms with Crippen molar-refractivity contribution in [2.24, 2.45) is 5.92 Å². The summed E-state index contributed by atoms with van der Waals surface area (Å²) in [5.74, 6) is -2.31. The zero-order valence-corrected chi connectivity index (χ0v) is 22.8. The van der Waals surface area contributed by atoms with Crippen LogP contribution in [0, 0.1) is 24.2 Å². The van der Waals surface area contributed by atoms with E-state index >= 15 is 0 Å². The van der Waals surface area contributed by atoms with Crippen molar-refractivity contribution in [3.8, 4) is 6.07 Å². The Morgan fingerprint density at radius 1 is 0.917 bits per heavy atom. The molecule has 1 aliphatic rings. The summed E-state index contributed by atoms with van der Waals surface area (Å²) in [4.78, 5) is 25.9. The maximum absolute atomic E-state index is 13.0. The van der Waals surface area contributed by atoms with Crippen LogP contribution in [0.4, 0.5) is 11.4 Å². The number of carbonyl (C=O) groups excluding carboxylic acids is 2. The van der Waals surface area contributed by atoms with Crippen molar-refractivity contribution >= 4 is 92.8 Å². The third kappa shape index (κ3) is 5.26. The van der Waals surface area contributed by atoms with Crippen LogP contribution in [-0.2, 0) is 4.79 Å². The van der Waals surface area contributed by atoms with E-state index in [4.69, 9.17) is 74.9 Å². The van der Waals surface area contributed by atoms with Crippen LogP contribution in [0.3, 0.4) is 0 Å². The number of halogens is 6. The van der Waals surface area contributed by atoms with Crippen LogP contribution in [0.15, 0.2) is 48.5 Å². The summed E-state index contributed by atoms with van der Waals surface area (Å²) in [6, 6.07) is 14.6. The average Bonchev–Trinajstić information content (AvgIpc) is 3.41. The van der Waals surface area contributed by atoms with E-state index in [0.717, 1.165) is 0 Å². The molecule has 184 valence electrons. The van der Waals surface area contributed by atoms with Crippen LogP contribution in [0.1, 0.15) is 33.0 Å². The van der Waals surface area contributed by atoms with Gasteiger partial charge in [0.25, 0.3) is 5.91 Å². The summed E-state index contributed by atoms with van der Waals surface area (Å²) in [6.07, 6.45) is 0. The molecule has 0 bridgehead atoms. The molecule has 0 heterocycles. The number of amides is 2. The van der Waals surface area contributed by atoms with Crippen LogP contribution in [0.2, 0.25) is 20.1 Å². The van der Waals surface area contributed by atoms with Gasteiger partial charge in [0, 0.05) is 17.3 Å². The highest BCUT2D eigenvalue weighted by Gasteiger charge is 2.67. The molecule has 2 N–H and O–H groups in total. The second-order valence-corrected chi connectivity index (χ2v) is 11.3. The molecule has 11 heteroatoms. The smallest absolute Gasteiger partial charge is 0.257 e. The highest BCUT2D eigenvalue weighted by molar-refractivity contribution is 6.54. The van der Waals surface area contributed by atoms with Crippen molar-refractivity contribution in [1.82, 2.24) is 0 Å². The van der Waals surface area contributed by atoms with Crippen molar-refractivity contribution in [3.63, 3.8) is 0 Å². The third-order valence-corrected chi connectivity index (χ3v) is 8.25. The molecule has 0 unspecified atom stereocenters. The minimum absolute atomic E-state index is 0.143. The van der Waals surface area contributed by atoms with Crippen molar-refractivity contribution in [2.45, 2.75) is 17.2 Å². The van der Waals surface area contributed by atoms with Gasteiger partial charge in [0.2, 0.25) is 5.91 Å². The van der Waals surface area contributed by atoms with E-state index in [1.807, 2.05) is 6.07 Å². The number of nitrogens with one attached hydrogen (secondary N) is 2. The molecule has 36 heavy (non-hydrogen) atoms. The van der Waals surface area contributed by atoms with Gasteiger partial charge in [0.15, 0.2) is 0 Å².